The van der Waals surface area contributed by atoms with E-state index in [0.29, 0.717) is 31.5 Å². The molecule has 2 aromatic rings. The molecule has 2 amide bonds. The number of H-pyrrole nitrogens is 1. The Morgan fingerprint density at radius 1 is 1.46 bits per heavy atom. The number of ether oxygens (including phenoxy) is 1. The van der Waals surface area contributed by atoms with Gasteiger partial charge in [0.15, 0.2) is 0 Å². The SMILES string of the molecule is COC(=O)CCCNC(=O)N1CCc2[nH]cnc2[C@@H]1c1cccc(F)c1. The van der Waals surface area contributed by atoms with Crippen molar-refractivity contribution in [1.29, 1.82) is 0 Å². The van der Waals surface area contributed by atoms with Crippen LogP contribution >= 0.6 is 0 Å². The number of benzene rings is 1. The van der Waals surface area contributed by atoms with E-state index in [1.807, 2.05) is 0 Å². The van der Waals surface area contributed by atoms with Crippen LogP contribution in [0.25, 0.3) is 0 Å². The van der Waals surface area contributed by atoms with Crippen LogP contribution in [-0.2, 0) is 16.0 Å². The van der Waals surface area contributed by atoms with Crippen LogP contribution in [0, 0.1) is 5.82 Å². The quantitative estimate of drug-likeness (QED) is 0.632. The maximum absolute atomic E-state index is 13.7. The summed E-state index contributed by atoms with van der Waals surface area (Å²) in [6.45, 7) is 0.840. The number of carbonyl (C=O) groups excluding carboxylic acids is 2. The molecule has 1 aliphatic rings. The molecule has 0 unspecified atom stereocenters. The van der Waals surface area contributed by atoms with E-state index in [1.54, 1.807) is 23.4 Å². The molecule has 2 N–H and O–H groups in total. The second-order valence-electron chi connectivity index (χ2n) is 6.08. The van der Waals surface area contributed by atoms with E-state index in [-0.39, 0.29) is 24.2 Å². The van der Waals surface area contributed by atoms with E-state index in [0.717, 1.165) is 11.4 Å². The third kappa shape index (κ3) is 3.84. The van der Waals surface area contributed by atoms with Crippen molar-refractivity contribution in [2.75, 3.05) is 20.2 Å². The van der Waals surface area contributed by atoms with Crippen molar-refractivity contribution in [1.82, 2.24) is 20.2 Å². The highest BCUT2D eigenvalue weighted by Gasteiger charge is 2.34. The van der Waals surface area contributed by atoms with Crippen molar-refractivity contribution in [3.63, 3.8) is 0 Å². The maximum Gasteiger partial charge on any atom is 0.318 e. The number of fused-ring (bicyclic) bond motifs is 1. The Kier molecular flexibility index (Phi) is 5.50. The number of methoxy groups -OCH3 is 1. The minimum Gasteiger partial charge on any atom is -0.469 e. The lowest BCUT2D eigenvalue weighted by molar-refractivity contribution is -0.140. The molecule has 8 heteroatoms. The van der Waals surface area contributed by atoms with Gasteiger partial charge in [-0.05, 0) is 24.1 Å². The summed E-state index contributed by atoms with van der Waals surface area (Å²) in [5, 5.41) is 2.82. The Morgan fingerprint density at radius 3 is 3.08 bits per heavy atom. The number of urea groups is 1. The Bertz CT molecular complexity index is 792. The zero-order valence-electron chi connectivity index (χ0n) is 14.5. The van der Waals surface area contributed by atoms with Crippen molar-refractivity contribution < 1.29 is 18.7 Å². The first-order valence-electron chi connectivity index (χ1n) is 8.49. The molecule has 7 nitrogen and oxygen atoms in total. The molecule has 138 valence electrons. The summed E-state index contributed by atoms with van der Waals surface area (Å²) in [7, 11) is 1.33. The number of nitrogens with zero attached hydrogens (tertiary/aromatic N) is 2. The van der Waals surface area contributed by atoms with Gasteiger partial charge in [-0.15, -0.1) is 0 Å². The fourth-order valence-corrected chi connectivity index (χ4v) is 3.14. The second kappa shape index (κ2) is 7.99. The second-order valence-corrected chi connectivity index (χ2v) is 6.08. The summed E-state index contributed by atoms with van der Waals surface area (Å²) < 4.78 is 18.3. The van der Waals surface area contributed by atoms with Gasteiger partial charge in [-0.3, -0.25) is 4.79 Å². The van der Waals surface area contributed by atoms with Gasteiger partial charge in [-0.25, -0.2) is 14.2 Å². The van der Waals surface area contributed by atoms with Crippen molar-refractivity contribution in [3.8, 4) is 0 Å². The Morgan fingerprint density at radius 2 is 2.31 bits per heavy atom. The van der Waals surface area contributed by atoms with Crippen LogP contribution in [0.15, 0.2) is 30.6 Å². The van der Waals surface area contributed by atoms with E-state index in [9.17, 15) is 14.0 Å². The van der Waals surface area contributed by atoms with E-state index in [4.69, 9.17) is 0 Å². The smallest absolute Gasteiger partial charge is 0.318 e. The van der Waals surface area contributed by atoms with E-state index in [1.165, 1.54) is 19.2 Å². The lowest BCUT2D eigenvalue weighted by Gasteiger charge is -2.35. The molecule has 0 saturated carbocycles. The van der Waals surface area contributed by atoms with Crippen LogP contribution in [0.2, 0.25) is 0 Å². The predicted molar refractivity (Wildman–Crippen MR) is 91.9 cm³/mol. The van der Waals surface area contributed by atoms with Crippen molar-refractivity contribution in [2.45, 2.75) is 25.3 Å². The van der Waals surface area contributed by atoms with Crippen LogP contribution in [0.5, 0.6) is 0 Å². The molecule has 0 bridgehead atoms. The number of rotatable bonds is 5. The van der Waals surface area contributed by atoms with Gasteiger partial charge in [0.25, 0.3) is 0 Å². The Hall–Kier alpha value is -2.90. The number of hydrogen-bond acceptors (Lipinski definition) is 4. The highest BCUT2D eigenvalue weighted by atomic mass is 19.1. The number of amides is 2. The molecule has 0 saturated heterocycles. The summed E-state index contributed by atoms with van der Waals surface area (Å²) in [4.78, 5) is 32.9. The van der Waals surface area contributed by atoms with Crippen molar-refractivity contribution in [2.24, 2.45) is 0 Å². The molecule has 3 rings (SSSR count). The largest absolute Gasteiger partial charge is 0.469 e. The molecule has 2 heterocycles. The molecule has 0 spiro atoms. The molecule has 1 aromatic heterocycles. The number of hydrogen-bond donors (Lipinski definition) is 2. The average Bonchev–Trinajstić information content (AvgIpc) is 3.12. The van der Waals surface area contributed by atoms with Gasteiger partial charge >= 0.3 is 12.0 Å². The first-order chi connectivity index (χ1) is 12.6. The number of aromatic nitrogens is 2. The van der Waals surface area contributed by atoms with Crippen LogP contribution in [0.1, 0.15) is 35.8 Å². The summed E-state index contributed by atoms with van der Waals surface area (Å²) in [6.07, 6.45) is 2.98. The third-order valence-corrected chi connectivity index (χ3v) is 4.41. The van der Waals surface area contributed by atoms with E-state index < -0.39 is 6.04 Å². The van der Waals surface area contributed by atoms with E-state index >= 15 is 0 Å². The first kappa shape index (κ1) is 17.9. The Balaban J connectivity index is 1.75. The monoisotopic (exact) mass is 360 g/mol. The fraction of sp³-hybridized carbons (Fsp3) is 0.389. The molecule has 0 fully saturated rings. The number of halogens is 1. The number of carbonyl (C=O) groups is 2. The van der Waals surface area contributed by atoms with Gasteiger partial charge in [0.05, 0.1) is 19.1 Å². The number of esters is 1. The molecule has 1 aliphatic heterocycles. The van der Waals surface area contributed by atoms with Gasteiger partial charge in [0.1, 0.15) is 11.9 Å². The summed E-state index contributed by atoms with van der Waals surface area (Å²) >= 11 is 0. The van der Waals surface area contributed by atoms with Crippen LogP contribution in [0.4, 0.5) is 9.18 Å². The van der Waals surface area contributed by atoms with Gasteiger partial charge in [-0.2, -0.15) is 0 Å². The molecule has 0 aliphatic carbocycles. The summed E-state index contributed by atoms with van der Waals surface area (Å²) in [6, 6.07) is 5.48. The molecular weight excluding hydrogens is 339 g/mol. The Labute approximate surface area is 150 Å². The average molecular weight is 360 g/mol. The van der Waals surface area contributed by atoms with Crippen molar-refractivity contribution >= 4 is 12.0 Å². The third-order valence-electron chi connectivity index (χ3n) is 4.41. The minimum absolute atomic E-state index is 0.244. The number of imidazole rings is 1. The van der Waals surface area contributed by atoms with Crippen LogP contribution < -0.4 is 5.32 Å². The van der Waals surface area contributed by atoms with Gasteiger partial charge in [0.2, 0.25) is 0 Å². The zero-order valence-corrected chi connectivity index (χ0v) is 14.5. The predicted octanol–water partition coefficient (Wildman–Crippen LogP) is 2.16. The molecular formula is C18H21FN4O3. The summed E-state index contributed by atoms with van der Waals surface area (Å²) in [5.41, 5.74) is 2.35. The highest BCUT2D eigenvalue weighted by molar-refractivity contribution is 5.76. The van der Waals surface area contributed by atoms with E-state index in [2.05, 4.69) is 20.0 Å². The molecule has 26 heavy (non-hydrogen) atoms. The lowest BCUT2D eigenvalue weighted by Crippen LogP contribution is -2.46. The normalized spacial score (nSPS) is 16.1. The number of aromatic amines is 1. The lowest BCUT2D eigenvalue weighted by atomic mass is 9.96. The van der Waals surface area contributed by atoms with Crippen LogP contribution in [0.3, 0.4) is 0 Å². The van der Waals surface area contributed by atoms with Gasteiger partial charge < -0.3 is 19.9 Å². The first-order valence-corrected chi connectivity index (χ1v) is 8.49. The standard InChI is InChI=1S/C18H21FN4O3/c1-26-15(24)6-3-8-20-18(25)23-9-7-14-16(22-11-21-14)17(23)12-4-2-5-13(19)10-12/h2,4-5,10-11,17H,3,6-9H2,1H3,(H,20,25)(H,21,22)/t17-/m0/s1. The van der Waals surface area contributed by atoms with Gasteiger partial charge in [0, 0.05) is 31.6 Å². The van der Waals surface area contributed by atoms with Crippen molar-refractivity contribution in [3.05, 3.63) is 53.4 Å². The minimum atomic E-state index is -0.457. The van der Waals surface area contributed by atoms with Gasteiger partial charge in [-0.1, -0.05) is 12.1 Å². The highest BCUT2D eigenvalue weighted by Crippen LogP contribution is 2.33. The fourth-order valence-electron chi connectivity index (χ4n) is 3.14. The topological polar surface area (TPSA) is 87.3 Å². The summed E-state index contributed by atoms with van der Waals surface area (Å²) in [5.74, 6) is -0.667. The molecule has 0 radical (unpaired) electrons. The number of nitrogens with one attached hydrogen (secondary N) is 2. The zero-order chi connectivity index (χ0) is 18.5. The molecule has 1 aromatic carbocycles. The molecule has 1 atom stereocenters. The maximum atomic E-state index is 13.7. The van der Waals surface area contributed by atoms with Crippen LogP contribution in [-0.4, -0.2) is 47.1 Å².